The number of benzene rings is 7. The van der Waals surface area contributed by atoms with E-state index in [1.54, 1.807) is 62.4 Å². The number of aliphatic hydroxyl groups is 2. The van der Waals surface area contributed by atoms with Crippen molar-refractivity contribution in [1.82, 2.24) is 0 Å². The van der Waals surface area contributed by atoms with E-state index < -0.39 is 35.6 Å². The van der Waals surface area contributed by atoms with Crippen LogP contribution in [0.25, 0.3) is 0 Å². The molecule has 634 valence electrons. The second-order valence-electron chi connectivity index (χ2n) is 28.7. The fraction of sp³-hybridized carbons (Fsp3) is 0.455. The topological polar surface area (TPSA) is 321 Å². The minimum Gasteiger partial charge on any atom is -0.497 e. The van der Waals surface area contributed by atoms with Crippen LogP contribution < -0.4 is 86.7 Å². The van der Waals surface area contributed by atoms with E-state index in [2.05, 4.69) is 10.6 Å². The van der Waals surface area contributed by atoms with Crippen LogP contribution >= 0.6 is 0 Å². The molecule has 0 spiro atoms. The number of hydrogen-bond acceptors (Lipinski definition) is 24. The molecular formula is C88H118N4O24. The Morgan fingerprint density at radius 2 is 0.586 bits per heavy atom. The summed E-state index contributed by atoms with van der Waals surface area (Å²) in [6.07, 6.45) is 0. The van der Waals surface area contributed by atoms with Gasteiger partial charge in [-0.2, -0.15) is 0 Å². The fourth-order valence-corrected chi connectivity index (χ4v) is 11.3. The summed E-state index contributed by atoms with van der Waals surface area (Å²) in [6, 6.07) is 24.9. The molecule has 4 N–H and O–H groups in total. The molecule has 0 aliphatic rings. The van der Waals surface area contributed by atoms with E-state index in [-0.39, 0.29) is 215 Å². The Hall–Kier alpha value is -11.5. The number of hydrogen-bond donors (Lipinski definition) is 4. The molecule has 0 heterocycles. The van der Waals surface area contributed by atoms with Crippen LogP contribution in [0.15, 0.2) is 97.1 Å². The van der Waals surface area contributed by atoms with Crippen LogP contribution in [0.5, 0.6) is 80.5 Å². The first-order valence-corrected chi connectivity index (χ1v) is 38.2. The number of nitrogens with one attached hydrogen (secondary N) is 2. The predicted octanol–water partition coefficient (Wildman–Crippen LogP) is 15.7. The Morgan fingerprint density at radius 1 is 0.310 bits per heavy atom. The largest absolute Gasteiger partial charge is 0.497 e. The van der Waals surface area contributed by atoms with E-state index in [1.807, 2.05) is 83.1 Å². The number of ether oxygens (including phenoxy) is 16. The Labute approximate surface area is 682 Å². The third-order valence-electron chi connectivity index (χ3n) is 16.8. The summed E-state index contributed by atoms with van der Waals surface area (Å²) in [7, 11) is 13.5. The monoisotopic (exact) mass is 1610 g/mol. The first kappa shape index (κ1) is 95.1. The van der Waals surface area contributed by atoms with Crippen molar-refractivity contribution in [2.45, 2.75) is 110 Å². The zero-order valence-corrected chi connectivity index (χ0v) is 71.5. The van der Waals surface area contributed by atoms with Crippen molar-refractivity contribution in [1.29, 1.82) is 0 Å². The van der Waals surface area contributed by atoms with Crippen molar-refractivity contribution in [2.24, 2.45) is 35.5 Å². The van der Waals surface area contributed by atoms with Gasteiger partial charge in [0.1, 0.15) is 91.6 Å². The molecule has 0 saturated heterocycles. The highest BCUT2D eigenvalue weighted by Gasteiger charge is 2.36. The van der Waals surface area contributed by atoms with Gasteiger partial charge >= 0.3 is 11.9 Å². The Bertz CT molecular complexity index is 4150. The van der Waals surface area contributed by atoms with E-state index in [0.717, 1.165) is 14.2 Å². The molecule has 116 heavy (non-hydrogen) atoms. The molecule has 0 saturated carbocycles. The standard InChI is InChI=1S/C86H110N4O22.2CH4O/c1-23-105-85(95)63-32-65(77(103-21)36-71(63)101-19)87-81(91)59-34-67(79(111-47-53(11)12)39-73(59)107-43-49(3)4)89(41-55-25-27-57(97-15)29-69(55)99-17)83(93)61-31-62(76(110-46-52(9)10)38-75(61)109-45-51(7)8)84(94)90(42-56-26-28-58(98-16)30-70(56)100-18)68-35-60(74(108-44-50(5)6)40-80(68)112-48-54(13)14)82(92)88-66-33-64(86(96)106-24-2)72(102-20)37-78(66)104-22;2*1-2/h25-40,49-54H,23-24,41-48H2,1-22H3,(H,87,91)(H,88,92);2*2H,1H3. The van der Waals surface area contributed by atoms with Gasteiger partial charge in [0, 0.05) is 67.8 Å². The highest BCUT2D eigenvalue weighted by molar-refractivity contribution is 6.16. The molecule has 28 nitrogen and oxygen atoms in total. The maximum atomic E-state index is 17.2. The van der Waals surface area contributed by atoms with Crippen LogP contribution in [0, 0.1) is 35.5 Å². The lowest BCUT2D eigenvalue weighted by Gasteiger charge is -2.30. The maximum absolute atomic E-state index is 17.2. The van der Waals surface area contributed by atoms with Gasteiger partial charge in [-0.05, 0) is 104 Å². The summed E-state index contributed by atoms with van der Waals surface area (Å²) in [4.78, 5) is 95.4. The van der Waals surface area contributed by atoms with Gasteiger partial charge < -0.3 is 106 Å². The van der Waals surface area contributed by atoms with Gasteiger partial charge in [-0.15, -0.1) is 0 Å². The molecule has 7 aromatic rings. The highest BCUT2D eigenvalue weighted by atomic mass is 16.5. The van der Waals surface area contributed by atoms with Crippen molar-refractivity contribution in [3.05, 3.63) is 142 Å². The van der Waals surface area contributed by atoms with Gasteiger partial charge in [-0.25, -0.2) is 9.59 Å². The summed E-state index contributed by atoms with van der Waals surface area (Å²) >= 11 is 0. The molecule has 0 aliphatic heterocycles. The number of carbonyl (C=O) groups excluding carboxylic acids is 6. The molecule has 0 aliphatic carbocycles. The number of anilines is 4. The van der Waals surface area contributed by atoms with Gasteiger partial charge in [0.15, 0.2) is 0 Å². The molecule has 4 amide bonds. The Kier molecular flexibility index (Phi) is 38.3. The quantitative estimate of drug-likeness (QED) is 0.0258. The van der Waals surface area contributed by atoms with Crippen LogP contribution in [0.2, 0.25) is 0 Å². The molecule has 0 atom stereocenters. The van der Waals surface area contributed by atoms with Crippen molar-refractivity contribution in [2.75, 3.05) is 144 Å². The smallest absolute Gasteiger partial charge is 0.341 e. The molecule has 0 aromatic heterocycles. The van der Waals surface area contributed by atoms with E-state index in [1.165, 1.54) is 115 Å². The lowest BCUT2D eigenvalue weighted by Crippen LogP contribution is -2.34. The van der Waals surface area contributed by atoms with Crippen LogP contribution in [-0.4, -0.2) is 170 Å². The highest BCUT2D eigenvalue weighted by Crippen LogP contribution is 2.46. The third kappa shape index (κ3) is 25.7. The van der Waals surface area contributed by atoms with E-state index in [9.17, 15) is 9.59 Å². The van der Waals surface area contributed by atoms with Crippen LogP contribution in [0.3, 0.4) is 0 Å². The van der Waals surface area contributed by atoms with Crippen LogP contribution in [-0.2, 0) is 22.6 Å². The number of esters is 2. The lowest BCUT2D eigenvalue weighted by molar-refractivity contribution is 0.0513. The minimum absolute atomic E-state index is 0.000719. The summed E-state index contributed by atoms with van der Waals surface area (Å²) < 4.78 is 97.1. The summed E-state index contributed by atoms with van der Waals surface area (Å²) in [6.45, 7) is 26.8. The zero-order valence-electron chi connectivity index (χ0n) is 71.5. The number of aliphatic hydroxyl groups excluding tert-OH is 2. The van der Waals surface area contributed by atoms with Gasteiger partial charge in [-0.3, -0.25) is 19.2 Å². The average molecular weight is 1620 g/mol. The van der Waals surface area contributed by atoms with E-state index >= 15 is 19.2 Å². The number of amides is 4. The van der Waals surface area contributed by atoms with Crippen LogP contribution in [0.4, 0.5) is 22.7 Å². The predicted molar refractivity (Wildman–Crippen MR) is 445 cm³/mol. The van der Waals surface area contributed by atoms with Crippen LogP contribution in [0.1, 0.15) is 170 Å². The average Bonchev–Trinajstić information content (AvgIpc) is 0.762. The molecule has 0 unspecified atom stereocenters. The molecule has 0 fully saturated rings. The SMILES string of the molecule is CCOC(=O)c1cc(NC(=O)c2cc(N(Cc3ccc(OC)cc3OC)C(=O)c3cc(C(=O)N(Cc4ccc(OC)cc4OC)c4cc(C(=O)Nc5cc(C(=O)OCC)c(OC)cc5OC)c(OCC(C)C)cc4OCC(C)C)c(OCC(C)C)cc3OCC(C)C)c(OCC(C)C)cc2OCC(C)C)c(OC)cc1OC.CO.CO. The van der Waals surface area contributed by atoms with Crippen molar-refractivity contribution in [3.63, 3.8) is 0 Å². The van der Waals surface area contributed by atoms with E-state index in [4.69, 9.17) is 86.0 Å². The Morgan fingerprint density at radius 3 is 0.862 bits per heavy atom. The maximum Gasteiger partial charge on any atom is 0.341 e. The van der Waals surface area contributed by atoms with Gasteiger partial charge in [0.25, 0.3) is 23.6 Å². The van der Waals surface area contributed by atoms with Crippen molar-refractivity contribution < 1.29 is 115 Å². The van der Waals surface area contributed by atoms with Crippen molar-refractivity contribution in [3.8, 4) is 80.5 Å². The van der Waals surface area contributed by atoms with Gasteiger partial charge in [-0.1, -0.05) is 83.1 Å². The summed E-state index contributed by atoms with van der Waals surface area (Å²) in [5.74, 6) is -2.76. The van der Waals surface area contributed by atoms with Gasteiger partial charge in [0.05, 0.1) is 168 Å². The summed E-state index contributed by atoms with van der Waals surface area (Å²) in [5.41, 5.74) is 0.551. The third-order valence-corrected chi connectivity index (χ3v) is 16.8. The van der Waals surface area contributed by atoms with E-state index in [0.29, 0.717) is 34.1 Å². The van der Waals surface area contributed by atoms with Gasteiger partial charge in [0.2, 0.25) is 0 Å². The number of carbonyl (C=O) groups is 6. The lowest BCUT2D eigenvalue weighted by atomic mass is 10.0. The molecular weight excluding hydrogens is 1500 g/mol. The number of rotatable bonds is 42. The molecule has 7 aromatic carbocycles. The molecule has 0 radical (unpaired) electrons. The number of methoxy groups -OCH3 is 8. The minimum atomic E-state index is -0.788. The zero-order chi connectivity index (χ0) is 86.2. The summed E-state index contributed by atoms with van der Waals surface area (Å²) in [5, 5.41) is 19.9. The first-order chi connectivity index (χ1) is 55.5. The second kappa shape index (κ2) is 46.7. The van der Waals surface area contributed by atoms with Crippen molar-refractivity contribution >= 4 is 58.3 Å². The Balaban J connectivity index is 0.00000590. The normalized spacial score (nSPS) is 10.8. The molecule has 0 bridgehead atoms. The number of nitrogens with zero attached hydrogens (tertiary/aromatic N) is 2. The molecule has 28 heteroatoms. The molecule has 7 rings (SSSR count). The first-order valence-electron chi connectivity index (χ1n) is 38.2. The second-order valence-corrected chi connectivity index (χ2v) is 28.7. The fourth-order valence-electron chi connectivity index (χ4n) is 11.3.